The minimum absolute atomic E-state index is 0.678. The van der Waals surface area contributed by atoms with E-state index >= 15 is 0 Å². The molecule has 9 heavy (non-hydrogen) atoms. The van der Waals surface area contributed by atoms with Gasteiger partial charge in [-0.25, -0.2) is 4.40 Å². The highest BCUT2D eigenvalue weighted by Gasteiger charge is 2.18. The standard InChI is InChI=1S/C7H9NS/c1-3-4-8-9-7-5-6(7)2/h3-6H,1H2,2H3. The second kappa shape index (κ2) is 2.87. The van der Waals surface area contributed by atoms with E-state index in [4.69, 9.17) is 0 Å². The van der Waals surface area contributed by atoms with E-state index in [0.29, 0.717) is 5.92 Å². The molecular formula is C7H9NS. The highest BCUT2D eigenvalue weighted by molar-refractivity contribution is 8.02. The number of nitrogens with zero attached hydrogens (tertiary/aromatic N) is 1. The van der Waals surface area contributed by atoms with Crippen molar-refractivity contribution in [2.75, 3.05) is 0 Å². The Kier molecular flexibility index (Phi) is 2.11. The SMILES string of the molecule is C=CC=NSC1=CC1C. The van der Waals surface area contributed by atoms with Crippen LogP contribution < -0.4 is 0 Å². The summed E-state index contributed by atoms with van der Waals surface area (Å²) in [5, 5.41) is 0. The Labute approximate surface area is 59.7 Å². The molecule has 0 radical (unpaired) electrons. The molecule has 0 saturated heterocycles. The molecule has 0 aromatic carbocycles. The molecule has 0 aliphatic heterocycles. The Morgan fingerprint density at radius 2 is 2.56 bits per heavy atom. The summed E-state index contributed by atoms with van der Waals surface area (Å²) in [6.07, 6.45) is 5.57. The first-order chi connectivity index (χ1) is 4.34. The van der Waals surface area contributed by atoms with Crippen molar-refractivity contribution in [2.45, 2.75) is 6.92 Å². The van der Waals surface area contributed by atoms with Crippen molar-refractivity contribution >= 4 is 18.2 Å². The van der Waals surface area contributed by atoms with Crippen LogP contribution in [0.4, 0.5) is 0 Å². The Morgan fingerprint density at radius 3 is 3.00 bits per heavy atom. The van der Waals surface area contributed by atoms with Gasteiger partial charge < -0.3 is 0 Å². The molecule has 0 heterocycles. The van der Waals surface area contributed by atoms with E-state index in [1.54, 1.807) is 12.3 Å². The molecular weight excluding hydrogens is 130 g/mol. The summed E-state index contributed by atoms with van der Waals surface area (Å²) in [7, 11) is 0. The second-order valence-corrected chi connectivity index (χ2v) is 2.80. The average Bonchev–Trinajstić information content (AvgIpc) is 2.48. The van der Waals surface area contributed by atoms with Gasteiger partial charge in [-0.2, -0.15) is 0 Å². The Bertz CT molecular complexity index is 170. The highest BCUT2D eigenvalue weighted by atomic mass is 32.2. The molecule has 0 spiro atoms. The number of allylic oxidation sites excluding steroid dienone is 3. The first-order valence-electron chi connectivity index (χ1n) is 2.87. The highest BCUT2D eigenvalue weighted by Crippen LogP contribution is 2.38. The lowest BCUT2D eigenvalue weighted by atomic mass is 10.5. The van der Waals surface area contributed by atoms with E-state index in [1.807, 2.05) is 0 Å². The van der Waals surface area contributed by atoms with Crippen LogP contribution in [0.15, 0.2) is 28.0 Å². The van der Waals surface area contributed by atoms with E-state index in [-0.39, 0.29) is 0 Å². The first-order valence-corrected chi connectivity index (χ1v) is 3.65. The third-order valence-corrected chi connectivity index (χ3v) is 2.02. The van der Waals surface area contributed by atoms with Gasteiger partial charge in [-0.3, -0.25) is 0 Å². The monoisotopic (exact) mass is 139 g/mol. The van der Waals surface area contributed by atoms with Crippen molar-refractivity contribution in [3.63, 3.8) is 0 Å². The fourth-order valence-corrected chi connectivity index (χ4v) is 1.15. The fraction of sp³-hybridized carbons (Fsp3) is 0.286. The van der Waals surface area contributed by atoms with Crippen LogP contribution in [-0.4, -0.2) is 6.21 Å². The second-order valence-electron chi connectivity index (χ2n) is 1.94. The topological polar surface area (TPSA) is 12.4 Å². The lowest BCUT2D eigenvalue weighted by molar-refractivity contribution is 1.08. The smallest absolute Gasteiger partial charge is 0.0349 e. The average molecular weight is 139 g/mol. The Hall–Kier alpha value is -0.500. The molecule has 1 aliphatic rings. The molecule has 1 atom stereocenters. The van der Waals surface area contributed by atoms with Gasteiger partial charge >= 0.3 is 0 Å². The van der Waals surface area contributed by atoms with Gasteiger partial charge in [0.05, 0.1) is 0 Å². The largest absolute Gasteiger partial charge is 0.220 e. The van der Waals surface area contributed by atoms with Crippen LogP contribution >= 0.6 is 11.9 Å². The predicted octanol–water partition coefficient (Wildman–Crippen LogP) is 2.43. The number of hydrogen-bond donors (Lipinski definition) is 0. The summed E-state index contributed by atoms with van der Waals surface area (Å²) >= 11 is 1.53. The van der Waals surface area contributed by atoms with E-state index in [1.165, 1.54) is 16.9 Å². The molecule has 1 rings (SSSR count). The molecule has 0 amide bonds. The fourth-order valence-electron chi connectivity index (χ4n) is 0.446. The van der Waals surface area contributed by atoms with Gasteiger partial charge in [0.25, 0.3) is 0 Å². The van der Waals surface area contributed by atoms with Crippen molar-refractivity contribution in [1.82, 2.24) is 0 Å². The maximum atomic E-state index is 4.01. The summed E-state index contributed by atoms with van der Waals surface area (Å²) < 4.78 is 4.01. The predicted molar refractivity (Wildman–Crippen MR) is 43.5 cm³/mol. The van der Waals surface area contributed by atoms with Crippen LogP contribution in [-0.2, 0) is 0 Å². The van der Waals surface area contributed by atoms with Crippen LogP contribution in [0.3, 0.4) is 0 Å². The van der Waals surface area contributed by atoms with Crippen LogP contribution in [0.25, 0.3) is 0 Å². The normalized spacial score (nSPS) is 24.1. The van der Waals surface area contributed by atoms with E-state index in [0.717, 1.165) is 0 Å². The van der Waals surface area contributed by atoms with Crippen molar-refractivity contribution in [3.05, 3.63) is 23.6 Å². The van der Waals surface area contributed by atoms with Gasteiger partial charge in [0, 0.05) is 29.0 Å². The molecule has 0 bridgehead atoms. The van der Waals surface area contributed by atoms with Crippen molar-refractivity contribution < 1.29 is 0 Å². The lowest BCUT2D eigenvalue weighted by Gasteiger charge is -1.82. The molecule has 1 unspecified atom stereocenters. The number of hydrogen-bond acceptors (Lipinski definition) is 2. The summed E-state index contributed by atoms with van der Waals surface area (Å²) in [5.41, 5.74) is 0. The van der Waals surface area contributed by atoms with Crippen LogP contribution in [0.2, 0.25) is 0 Å². The van der Waals surface area contributed by atoms with E-state index in [9.17, 15) is 0 Å². The van der Waals surface area contributed by atoms with Crippen molar-refractivity contribution in [2.24, 2.45) is 10.3 Å². The Morgan fingerprint density at radius 1 is 1.89 bits per heavy atom. The quantitative estimate of drug-likeness (QED) is 0.432. The zero-order valence-electron chi connectivity index (χ0n) is 5.37. The maximum absolute atomic E-state index is 4.01. The van der Waals surface area contributed by atoms with Gasteiger partial charge in [-0.15, -0.1) is 0 Å². The molecule has 1 aliphatic carbocycles. The zero-order valence-corrected chi connectivity index (χ0v) is 6.19. The van der Waals surface area contributed by atoms with Crippen molar-refractivity contribution in [1.29, 1.82) is 0 Å². The summed E-state index contributed by atoms with van der Waals surface area (Å²) in [6.45, 7) is 5.67. The van der Waals surface area contributed by atoms with Crippen LogP contribution in [0.1, 0.15) is 6.92 Å². The van der Waals surface area contributed by atoms with E-state index in [2.05, 4.69) is 24.0 Å². The van der Waals surface area contributed by atoms with Gasteiger partial charge in [-0.05, 0) is 0 Å². The Balaban J connectivity index is 2.13. The molecule has 48 valence electrons. The third kappa shape index (κ3) is 2.06. The maximum Gasteiger partial charge on any atom is 0.0349 e. The molecule has 1 nitrogen and oxygen atoms in total. The zero-order chi connectivity index (χ0) is 6.69. The molecule has 0 saturated carbocycles. The first kappa shape index (κ1) is 6.62. The van der Waals surface area contributed by atoms with Gasteiger partial charge in [0.2, 0.25) is 0 Å². The summed E-state index contributed by atoms with van der Waals surface area (Å²) in [5.74, 6) is 0.678. The number of rotatable bonds is 3. The lowest BCUT2D eigenvalue weighted by Crippen LogP contribution is -1.62. The minimum atomic E-state index is 0.678. The molecule has 0 aromatic rings. The van der Waals surface area contributed by atoms with Crippen LogP contribution in [0, 0.1) is 5.92 Å². The molecule has 0 fully saturated rings. The minimum Gasteiger partial charge on any atom is -0.220 e. The van der Waals surface area contributed by atoms with Gasteiger partial charge in [0.1, 0.15) is 0 Å². The van der Waals surface area contributed by atoms with Gasteiger partial charge in [0.15, 0.2) is 0 Å². The van der Waals surface area contributed by atoms with Crippen LogP contribution in [0.5, 0.6) is 0 Å². The molecule has 0 aromatic heterocycles. The third-order valence-electron chi connectivity index (χ3n) is 1.08. The summed E-state index contributed by atoms with van der Waals surface area (Å²) in [6, 6.07) is 0. The molecule has 0 N–H and O–H groups in total. The van der Waals surface area contributed by atoms with Crippen molar-refractivity contribution in [3.8, 4) is 0 Å². The van der Waals surface area contributed by atoms with Gasteiger partial charge in [-0.1, -0.05) is 25.7 Å². The van der Waals surface area contributed by atoms with E-state index < -0.39 is 0 Å². The molecule has 2 heteroatoms. The summed E-state index contributed by atoms with van der Waals surface area (Å²) in [4.78, 5) is 1.37.